The summed E-state index contributed by atoms with van der Waals surface area (Å²) in [7, 11) is 2.12. The SMILES string of the molecule is CCCCN(C)c1oc2ccc(C)cc2c1-c1ccc(C)cc1. The lowest BCUT2D eigenvalue weighted by Gasteiger charge is -2.17. The molecule has 2 heteroatoms. The highest BCUT2D eigenvalue weighted by Crippen LogP contribution is 2.40. The molecule has 0 unspecified atom stereocenters. The molecule has 0 aliphatic heterocycles. The first-order valence-corrected chi connectivity index (χ1v) is 8.41. The zero-order chi connectivity index (χ0) is 16.4. The maximum Gasteiger partial charge on any atom is 0.204 e. The van der Waals surface area contributed by atoms with Crippen LogP contribution in [0.15, 0.2) is 46.9 Å². The van der Waals surface area contributed by atoms with Gasteiger partial charge in [-0.25, -0.2) is 0 Å². The lowest BCUT2D eigenvalue weighted by molar-refractivity contribution is 0.591. The molecule has 0 aliphatic rings. The third kappa shape index (κ3) is 3.12. The average molecular weight is 307 g/mol. The Morgan fingerprint density at radius 1 is 0.957 bits per heavy atom. The van der Waals surface area contributed by atoms with Crippen molar-refractivity contribution in [3.05, 3.63) is 53.6 Å². The Morgan fingerprint density at radius 2 is 1.65 bits per heavy atom. The molecule has 3 rings (SSSR count). The fourth-order valence-corrected chi connectivity index (χ4v) is 2.96. The summed E-state index contributed by atoms with van der Waals surface area (Å²) < 4.78 is 6.22. The van der Waals surface area contributed by atoms with E-state index in [1.165, 1.54) is 40.5 Å². The number of unbranched alkanes of at least 4 members (excludes halogenated alkanes) is 1. The van der Waals surface area contributed by atoms with Crippen molar-refractivity contribution < 1.29 is 4.42 Å². The van der Waals surface area contributed by atoms with Crippen molar-refractivity contribution in [3.8, 4) is 11.1 Å². The zero-order valence-electron chi connectivity index (χ0n) is 14.5. The molecule has 2 nitrogen and oxygen atoms in total. The number of nitrogens with zero attached hydrogens (tertiary/aromatic N) is 1. The van der Waals surface area contributed by atoms with Crippen LogP contribution in [0.3, 0.4) is 0 Å². The fraction of sp³-hybridized carbons (Fsp3) is 0.333. The van der Waals surface area contributed by atoms with Crippen molar-refractivity contribution in [2.75, 3.05) is 18.5 Å². The predicted octanol–water partition coefficient (Wildman–Crippen LogP) is 5.95. The zero-order valence-corrected chi connectivity index (χ0v) is 14.5. The minimum atomic E-state index is 0.963. The number of furan rings is 1. The summed E-state index contributed by atoms with van der Waals surface area (Å²) in [6.07, 6.45) is 2.35. The fourth-order valence-electron chi connectivity index (χ4n) is 2.96. The van der Waals surface area contributed by atoms with E-state index in [0.717, 1.165) is 18.0 Å². The molecule has 1 aromatic heterocycles. The van der Waals surface area contributed by atoms with Crippen LogP contribution in [0.2, 0.25) is 0 Å². The Labute approximate surface area is 138 Å². The Balaban J connectivity index is 2.18. The van der Waals surface area contributed by atoms with Crippen LogP contribution in [0, 0.1) is 13.8 Å². The van der Waals surface area contributed by atoms with Gasteiger partial charge in [0, 0.05) is 19.0 Å². The molecular formula is C21H25NO. The van der Waals surface area contributed by atoms with E-state index in [2.05, 4.69) is 75.2 Å². The number of rotatable bonds is 5. The predicted molar refractivity (Wildman–Crippen MR) is 99.3 cm³/mol. The number of anilines is 1. The maximum absolute atomic E-state index is 6.22. The molecule has 120 valence electrons. The summed E-state index contributed by atoms with van der Waals surface area (Å²) in [6, 6.07) is 15.1. The molecule has 23 heavy (non-hydrogen) atoms. The van der Waals surface area contributed by atoms with E-state index in [1.54, 1.807) is 0 Å². The second kappa shape index (κ2) is 6.49. The minimum absolute atomic E-state index is 0.963. The Morgan fingerprint density at radius 3 is 2.35 bits per heavy atom. The Bertz CT molecular complexity index is 799. The van der Waals surface area contributed by atoms with Crippen molar-refractivity contribution in [3.63, 3.8) is 0 Å². The first kappa shape index (κ1) is 15.7. The Hall–Kier alpha value is -2.22. The first-order chi connectivity index (χ1) is 11.1. The molecular weight excluding hydrogens is 282 g/mol. The molecule has 0 N–H and O–H groups in total. The smallest absolute Gasteiger partial charge is 0.204 e. The van der Waals surface area contributed by atoms with Crippen LogP contribution in [-0.2, 0) is 0 Å². The van der Waals surface area contributed by atoms with Crippen LogP contribution in [-0.4, -0.2) is 13.6 Å². The monoisotopic (exact) mass is 307 g/mol. The second-order valence-electron chi connectivity index (χ2n) is 6.42. The van der Waals surface area contributed by atoms with Crippen LogP contribution in [0.4, 0.5) is 5.88 Å². The van der Waals surface area contributed by atoms with Crippen LogP contribution >= 0.6 is 0 Å². The summed E-state index contributed by atoms with van der Waals surface area (Å²) >= 11 is 0. The quantitative estimate of drug-likeness (QED) is 0.579. The van der Waals surface area contributed by atoms with Gasteiger partial charge >= 0.3 is 0 Å². The molecule has 0 aliphatic carbocycles. The van der Waals surface area contributed by atoms with Gasteiger partial charge in [0.15, 0.2) is 0 Å². The molecule has 0 saturated carbocycles. The molecule has 0 bridgehead atoms. The lowest BCUT2D eigenvalue weighted by Crippen LogP contribution is -2.18. The topological polar surface area (TPSA) is 16.4 Å². The molecule has 0 fully saturated rings. The molecule has 0 radical (unpaired) electrons. The van der Waals surface area contributed by atoms with Gasteiger partial charge in [0.2, 0.25) is 5.88 Å². The molecule has 0 saturated heterocycles. The van der Waals surface area contributed by atoms with Gasteiger partial charge in [-0.2, -0.15) is 0 Å². The third-order valence-corrected chi connectivity index (χ3v) is 4.36. The van der Waals surface area contributed by atoms with Crippen molar-refractivity contribution in [2.45, 2.75) is 33.6 Å². The molecule has 3 aromatic rings. The van der Waals surface area contributed by atoms with Gasteiger partial charge in [-0.15, -0.1) is 0 Å². The number of benzene rings is 2. The van der Waals surface area contributed by atoms with Crippen LogP contribution < -0.4 is 4.90 Å². The van der Waals surface area contributed by atoms with E-state index in [4.69, 9.17) is 4.42 Å². The van der Waals surface area contributed by atoms with Gasteiger partial charge in [0.05, 0.1) is 5.56 Å². The van der Waals surface area contributed by atoms with E-state index in [1.807, 2.05) is 0 Å². The summed E-state index contributed by atoms with van der Waals surface area (Å²) in [5.41, 5.74) is 5.93. The largest absolute Gasteiger partial charge is 0.440 e. The highest BCUT2D eigenvalue weighted by molar-refractivity contribution is 6.00. The van der Waals surface area contributed by atoms with Gasteiger partial charge in [-0.05, 0) is 38.0 Å². The van der Waals surface area contributed by atoms with Crippen LogP contribution in [0.1, 0.15) is 30.9 Å². The summed E-state index contributed by atoms with van der Waals surface area (Å²) in [4.78, 5) is 2.24. The molecule has 2 aromatic carbocycles. The first-order valence-electron chi connectivity index (χ1n) is 8.41. The van der Waals surface area contributed by atoms with E-state index in [-0.39, 0.29) is 0 Å². The summed E-state index contributed by atoms with van der Waals surface area (Å²) in [6.45, 7) is 7.48. The third-order valence-electron chi connectivity index (χ3n) is 4.36. The van der Waals surface area contributed by atoms with Crippen molar-refractivity contribution >= 4 is 16.9 Å². The van der Waals surface area contributed by atoms with Crippen molar-refractivity contribution in [1.82, 2.24) is 0 Å². The van der Waals surface area contributed by atoms with Gasteiger partial charge < -0.3 is 9.32 Å². The Kier molecular flexibility index (Phi) is 4.42. The van der Waals surface area contributed by atoms with E-state index in [0.29, 0.717) is 0 Å². The number of fused-ring (bicyclic) bond motifs is 1. The average Bonchev–Trinajstić information content (AvgIpc) is 2.92. The standard InChI is InChI=1S/C21H25NO/c1-5-6-13-22(4)21-20(17-10-7-15(2)8-11-17)18-14-16(3)9-12-19(18)23-21/h7-12,14H,5-6,13H2,1-4H3. The molecule has 0 spiro atoms. The number of hydrogen-bond acceptors (Lipinski definition) is 2. The van der Waals surface area contributed by atoms with Crippen molar-refractivity contribution in [2.24, 2.45) is 0 Å². The van der Waals surface area contributed by atoms with Gasteiger partial charge in [-0.1, -0.05) is 54.8 Å². The summed E-state index contributed by atoms with van der Waals surface area (Å²) in [5.74, 6) is 0.975. The molecule has 1 heterocycles. The number of hydrogen-bond donors (Lipinski definition) is 0. The van der Waals surface area contributed by atoms with Crippen LogP contribution in [0.25, 0.3) is 22.1 Å². The lowest BCUT2D eigenvalue weighted by atomic mass is 10.0. The normalized spacial score (nSPS) is 11.1. The van der Waals surface area contributed by atoms with Gasteiger partial charge in [-0.3, -0.25) is 0 Å². The van der Waals surface area contributed by atoms with E-state index >= 15 is 0 Å². The highest BCUT2D eigenvalue weighted by atomic mass is 16.4. The number of aryl methyl sites for hydroxylation is 2. The van der Waals surface area contributed by atoms with Crippen molar-refractivity contribution in [1.29, 1.82) is 0 Å². The van der Waals surface area contributed by atoms with E-state index in [9.17, 15) is 0 Å². The minimum Gasteiger partial charge on any atom is -0.440 e. The van der Waals surface area contributed by atoms with E-state index < -0.39 is 0 Å². The molecule has 0 atom stereocenters. The second-order valence-corrected chi connectivity index (χ2v) is 6.42. The maximum atomic E-state index is 6.22. The van der Waals surface area contributed by atoms with Gasteiger partial charge in [0.1, 0.15) is 5.58 Å². The van der Waals surface area contributed by atoms with Crippen LogP contribution in [0.5, 0.6) is 0 Å². The van der Waals surface area contributed by atoms with Gasteiger partial charge in [0.25, 0.3) is 0 Å². The highest BCUT2D eigenvalue weighted by Gasteiger charge is 2.19. The summed E-state index contributed by atoms with van der Waals surface area (Å²) in [5, 5.41) is 1.20. The molecule has 0 amide bonds.